The van der Waals surface area contributed by atoms with Crippen LogP contribution >= 0.6 is 0 Å². The number of β-amino-alcohol motifs (C(OH)–C–C–N with tert-alkyl or cyclic N) is 1. The Kier molecular flexibility index (Phi) is 2.51. The minimum atomic E-state index is -0.959. The molecule has 2 N–H and O–H groups in total. The molecule has 0 aliphatic carbocycles. The Morgan fingerprint density at radius 1 is 1.47 bits per heavy atom. The molecule has 15 heavy (non-hydrogen) atoms. The van der Waals surface area contributed by atoms with Gasteiger partial charge >= 0.3 is 5.97 Å². The average molecular weight is 209 g/mol. The molecule has 2 rings (SSSR count). The highest BCUT2D eigenvalue weighted by Gasteiger charge is 2.37. The lowest BCUT2D eigenvalue weighted by Gasteiger charge is -2.20. The van der Waals surface area contributed by atoms with Gasteiger partial charge in [0.1, 0.15) is 6.04 Å². The van der Waals surface area contributed by atoms with E-state index in [1.54, 1.807) is 18.5 Å². The molecule has 0 amide bonds. The van der Waals surface area contributed by atoms with Crippen LogP contribution in [-0.4, -0.2) is 44.8 Å². The van der Waals surface area contributed by atoms with Crippen LogP contribution < -0.4 is 4.90 Å². The van der Waals surface area contributed by atoms with E-state index in [0.717, 1.165) is 0 Å². The van der Waals surface area contributed by atoms with Crippen molar-refractivity contribution in [2.24, 2.45) is 0 Å². The molecule has 2 heterocycles. The third kappa shape index (κ3) is 1.89. The summed E-state index contributed by atoms with van der Waals surface area (Å²) in [6, 6.07) is 0.925. The van der Waals surface area contributed by atoms with Crippen molar-refractivity contribution in [1.82, 2.24) is 9.97 Å². The van der Waals surface area contributed by atoms with E-state index in [1.165, 1.54) is 4.90 Å². The maximum atomic E-state index is 10.9. The highest BCUT2D eigenvalue weighted by Crippen LogP contribution is 2.22. The summed E-state index contributed by atoms with van der Waals surface area (Å²) in [6.07, 6.45) is 2.68. The lowest BCUT2D eigenvalue weighted by atomic mass is 10.2. The number of carbonyl (C=O) groups is 1. The van der Waals surface area contributed by atoms with Gasteiger partial charge in [-0.3, -0.25) is 0 Å². The Morgan fingerprint density at radius 3 is 2.73 bits per heavy atom. The number of hydrogen-bond donors (Lipinski definition) is 2. The SMILES string of the molecule is O=C(O)[C@@H]1C[C@@H](O)CN1c1ncccn1. The Morgan fingerprint density at radius 2 is 2.13 bits per heavy atom. The first-order valence-electron chi connectivity index (χ1n) is 4.63. The fourth-order valence-corrected chi connectivity index (χ4v) is 1.71. The quantitative estimate of drug-likeness (QED) is 0.683. The largest absolute Gasteiger partial charge is 0.480 e. The van der Waals surface area contributed by atoms with Crippen LogP contribution in [0.4, 0.5) is 5.95 Å². The van der Waals surface area contributed by atoms with Crippen molar-refractivity contribution in [3.05, 3.63) is 18.5 Å². The Balaban J connectivity index is 2.24. The van der Waals surface area contributed by atoms with Crippen LogP contribution in [0.5, 0.6) is 0 Å². The molecule has 1 aromatic rings. The zero-order valence-corrected chi connectivity index (χ0v) is 7.95. The Labute approximate surface area is 86.2 Å². The van der Waals surface area contributed by atoms with Crippen molar-refractivity contribution in [2.75, 3.05) is 11.4 Å². The Hall–Kier alpha value is -1.69. The van der Waals surface area contributed by atoms with Crippen LogP contribution in [0.2, 0.25) is 0 Å². The third-order valence-electron chi connectivity index (χ3n) is 2.37. The highest BCUT2D eigenvalue weighted by molar-refractivity contribution is 5.78. The molecule has 0 saturated carbocycles. The summed E-state index contributed by atoms with van der Waals surface area (Å²) in [4.78, 5) is 20.4. The van der Waals surface area contributed by atoms with Crippen molar-refractivity contribution in [3.63, 3.8) is 0 Å². The van der Waals surface area contributed by atoms with E-state index in [0.29, 0.717) is 5.95 Å². The van der Waals surface area contributed by atoms with Gasteiger partial charge in [0.05, 0.1) is 6.10 Å². The molecule has 6 nitrogen and oxygen atoms in total. The summed E-state index contributed by atoms with van der Waals surface area (Å²) >= 11 is 0. The fourth-order valence-electron chi connectivity index (χ4n) is 1.71. The monoisotopic (exact) mass is 209 g/mol. The fraction of sp³-hybridized carbons (Fsp3) is 0.444. The predicted molar refractivity (Wildman–Crippen MR) is 51.4 cm³/mol. The maximum absolute atomic E-state index is 10.9. The standard InChI is InChI=1S/C9H11N3O3/c13-6-4-7(8(14)15)12(5-6)9-10-2-1-3-11-9/h1-3,6-7,13H,4-5H2,(H,14,15)/t6-,7+/m1/s1. The second-order valence-corrected chi connectivity index (χ2v) is 3.44. The van der Waals surface area contributed by atoms with Gasteiger partial charge in [-0.1, -0.05) is 0 Å². The third-order valence-corrected chi connectivity index (χ3v) is 2.37. The number of rotatable bonds is 2. The van der Waals surface area contributed by atoms with Gasteiger partial charge in [0.25, 0.3) is 0 Å². The minimum absolute atomic E-state index is 0.216. The lowest BCUT2D eigenvalue weighted by Crippen LogP contribution is -2.37. The lowest BCUT2D eigenvalue weighted by molar-refractivity contribution is -0.138. The van der Waals surface area contributed by atoms with E-state index >= 15 is 0 Å². The summed E-state index contributed by atoms with van der Waals surface area (Å²) in [5.41, 5.74) is 0. The first-order chi connectivity index (χ1) is 7.18. The van der Waals surface area contributed by atoms with Crippen molar-refractivity contribution in [1.29, 1.82) is 0 Å². The van der Waals surface area contributed by atoms with Gasteiger partial charge in [-0.2, -0.15) is 0 Å². The molecule has 0 spiro atoms. The van der Waals surface area contributed by atoms with E-state index in [2.05, 4.69) is 9.97 Å². The number of nitrogens with zero attached hydrogens (tertiary/aromatic N) is 3. The van der Waals surface area contributed by atoms with Gasteiger partial charge in [-0.15, -0.1) is 0 Å². The molecule has 0 bridgehead atoms. The van der Waals surface area contributed by atoms with Crippen LogP contribution in [0.15, 0.2) is 18.5 Å². The van der Waals surface area contributed by atoms with E-state index in [1.807, 2.05) is 0 Å². The number of aliphatic hydroxyl groups is 1. The summed E-state index contributed by atoms with van der Waals surface area (Å²) in [5.74, 6) is -0.611. The molecule has 1 aromatic heterocycles. The van der Waals surface area contributed by atoms with Crippen LogP contribution in [0.25, 0.3) is 0 Å². The normalized spacial score (nSPS) is 25.5. The van der Waals surface area contributed by atoms with Gasteiger partial charge in [0.15, 0.2) is 0 Å². The summed E-state index contributed by atoms with van der Waals surface area (Å²) in [6.45, 7) is 0.265. The average Bonchev–Trinajstić information content (AvgIpc) is 2.62. The number of aliphatic hydroxyl groups excluding tert-OH is 1. The molecular formula is C9H11N3O3. The molecule has 1 saturated heterocycles. The van der Waals surface area contributed by atoms with Crippen molar-refractivity contribution in [3.8, 4) is 0 Å². The van der Waals surface area contributed by atoms with E-state index in [4.69, 9.17) is 5.11 Å². The van der Waals surface area contributed by atoms with Gasteiger partial charge in [-0.05, 0) is 6.07 Å². The zero-order chi connectivity index (χ0) is 10.8. The number of carboxylic acid groups (broad SMARTS) is 1. The van der Waals surface area contributed by atoms with Gasteiger partial charge < -0.3 is 15.1 Å². The van der Waals surface area contributed by atoms with Gasteiger partial charge in [0.2, 0.25) is 5.95 Å². The molecule has 1 aliphatic rings. The molecule has 0 aromatic carbocycles. The van der Waals surface area contributed by atoms with Gasteiger partial charge in [-0.25, -0.2) is 14.8 Å². The first-order valence-corrected chi connectivity index (χ1v) is 4.63. The molecule has 6 heteroatoms. The van der Waals surface area contributed by atoms with E-state index < -0.39 is 18.1 Å². The molecule has 2 atom stereocenters. The summed E-state index contributed by atoms with van der Waals surface area (Å²) in [7, 11) is 0. The number of carboxylic acids is 1. The van der Waals surface area contributed by atoms with Crippen LogP contribution in [-0.2, 0) is 4.79 Å². The Bertz CT molecular complexity index is 357. The van der Waals surface area contributed by atoms with Crippen molar-refractivity contribution >= 4 is 11.9 Å². The van der Waals surface area contributed by atoms with Crippen LogP contribution in [0.3, 0.4) is 0 Å². The summed E-state index contributed by atoms with van der Waals surface area (Å²) in [5, 5.41) is 18.4. The van der Waals surface area contributed by atoms with Crippen LogP contribution in [0, 0.1) is 0 Å². The number of hydrogen-bond acceptors (Lipinski definition) is 5. The predicted octanol–water partition coefficient (Wildman–Crippen LogP) is -0.499. The minimum Gasteiger partial charge on any atom is -0.480 e. The summed E-state index contributed by atoms with van der Waals surface area (Å²) < 4.78 is 0. The molecule has 1 fully saturated rings. The smallest absolute Gasteiger partial charge is 0.326 e. The number of aromatic nitrogens is 2. The van der Waals surface area contributed by atoms with Crippen LogP contribution in [0.1, 0.15) is 6.42 Å². The molecular weight excluding hydrogens is 198 g/mol. The molecule has 0 radical (unpaired) electrons. The molecule has 0 unspecified atom stereocenters. The second-order valence-electron chi connectivity index (χ2n) is 3.44. The maximum Gasteiger partial charge on any atom is 0.326 e. The second kappa shape index (κ2) is 3.82. The number of anilines is 1. The van der Waals surface area contributed by atoms with Crippen molar-refractivity contribution < 1.29 is 15.0 Å². The van der Waals surface area contributed by atoms with E-state index in [9.17, 15) is 9.90 Å². The van der Waals surface area contributed by atoms with Crippen molar-refractivity contribution in [2.45, 2.75) is 18.6 Å². The molecule has 1 aliphatic heterocycles. The first kappa shape index (κ1) is 9.85. The zero-order valence-electron chi connectivity index (χ0n) is 7.95. The number of aliphatic carboxylic acids is 1. The van der Waals surface area contributed by atoms with Gasteiger partial charge in [0, 0.05) is 25.4 Å². The topological polar surface area (TPSA) is 86.5 Å². The highest BCUT2D eigenvalue weighted by atomic mass is 16.4. The van der Waals surface area contributed by atoms with E-state index in [-0.39, 0.29) is 13.0 Å². The molecule has 80 valence electrons.